The molecule has 1 fully saturated rings. The standard InChI is InChI=1S/C9H14O5/c1-13-9(12)5-7-3-2-6(14-7)4-8(10)11/h6-7H,2-5H2,1H3,(H,10,11). The van der Waals surface area contributed by atoms with Crippen molar-refractivity contribution in [1.82, 2.24) is 0 Å². The smallest absolute Gasteiger partial charge is 0.308 e. The minimum atomic E-state index is -0.867. The van der Waals surface area contributed by atoms with Crippen LogP contribution in [0.1, 0.15) is 25.7 Å². The van der Waals surface area contributed by atoms with Gasteiger partial charge in [-0.05, 0) is 12.8 Å². The van der Waals surface area contributed by atoms with E-state index in [-0.39, 0.29) is 31.0 Å². The van der Waals surface area contributed by atoms with Gasteiger partial charge in [-0.15, -0.1) is 0 Å². The van der Waals surface area contributed by atoms with Crippen molar-refractivity contribution < 1.29 is 24.2 Å². The average molecular weight is 202 g/mol. The highest BCUT2D eigenvalue weighted by atomic mass is 16.5. The summed E-state index contributed by atoms with van der Waals surface area (Å²) in [4.78, 5) is 21.2. The van der Waals surface area contributed by atoms with E-state index in [1.165, 1.54) is 7.11 Å². The summed E-state index contributed by atoms with van der Waals surface area (Å²) < 4.78 is 9.86. The van der Waals surface area contributed by atoms with E-state index in [1.54, 1.807) is 0 Å². The van der Waals surface area contributed by atoms with E-state index in [9.17, 15) is 9.59 Å². The fourth-order valence-corrected chi connectivity index (χ4v) is 1.54. The molecule has 1 saturated heterocycles. The van der Waals surface area contributed by atoms with Crippen LogP contribution < -0.4 is 0 Å². The summed E-state index contributed by atoms with van der Waals surface area (Å²) >= 11 is 0. The van der Waals surface area contributed by atoms with Crippen LogP contribution in [0.15, 0.2) is 0 Å². The van der Waals surface area contributed by atoms with E-state index in [0.29, 0.717) is 6.42 Å². The first kappa shape index (κ1) is 11.0. The first-order chi connectivity index (χ1) is 6.61. The molecule has 0 bridgehead atoms. The molecule has 2 unspecified atom stereocenters. The van der Waals surface area contributed by atoms with Crippen LogP contribution in [0.25, 0.3) is 0 Å². The summed E-state index contributed by atoms with van der Waals surface area (Å²) in [6.07, 6.45) is 1.24. The van der Waals surface area contributed by atoms with Crippen molar-refractivity contribution in [1.29, 1.82) is 0 Å². The predicted octanol–water partition coefficient (Wildman–Crippen LogP) is 0.572. The lowest BCUT2D eigenvalue weighted by molar-refractivity contribution is -0.144. The first-order valence-corrected chi connectivity index (χ1v) is 4.56. The van der Waals surface area contributed by atoms with Gasteiger partial charge in [0.25, 0.3) is 0 Å². The molecule has 80 valence electrons. The SMILES string of the molecule is COC(=O)CC1CCC(CC(=O)O)O1. The van der Waals surface area contributed by atoms with Gasteiger partial charge in [0.05, 0.1) is 32.2 Å². The normalized spacial score (nSPS) is 26.1. The quantitative estimate of drug-likeness (QED) is 0.675. The van der Waals surface area contributed by atoms with Crippen molar-refractivity contribution in [2.45, 2.75) is 37.9 Å². The van der Waals surface area contributed by atoms with E-state index >= 15 is 0 Å². The number of hydrogen-bond acceptors (Lipinski definition) is 4. The van der Waals surface area contributed by atoms with Gasteiger partial charge < -0.3 is 14.6 Å². The molecular weight excluding hydrogens is 188 g/mol. The molecule has 0 aromatic rings. The maximum absolute atomic E-state index is 10.9. The van der Waals surface area contributed by atoms with Gasteiger partial charge in [-0.3, -0.25) is 9.59 Å². The second-order valence-corrected chi connectivity index (χ2v) is 3.34. The van der Waals surface area contributed by atoms with Crippen LogP contribution in [-0.2, 0) is 19.1 Å². The highest BCUT2D eigenvalue weighted by molar-refractivity contribution is 5.70. The Balaban J connectivity index is 2.27. The lowest BCUT2D eigenvalue weighted by Crippen LogP contribution is -2.18. The Morgan fingerprint density at radius 2 is 1.93 bits per heavy atom. The molecule has 0 aliphatic carbocycles. The van der Waals surface area contributed by atoms with Crippen LogP contribution in [0.4, 0.5) is 0 Å². The molecule has 0 radical (unpaired) electrons. The van der Waals surface area contributed by atoms with Crippen LogP contribution in [-0.4, -0.2) is 36.4 Å². The number of rotatable bonds is 4. The molecule has 1 rings (SSSR count). The minimum absolute atomic E-state index is 0.0116. The molecule has 5 heteroatoms. The summed E-state index contributed by atoms with van der Waals surface area (Å²) in [5.74, 6) is -1.18. The zero-order chi connectivity index (χ0) is 10.6. The number of carbonyl (C=O) groups is 2. The molecule has 1 aliphatic heterocycles. The number of carbonyl (C=O) groups excluding carboxylic acids is 1. The number of methoxy groups -OCH3 is 1. The van der Waals surface area contributed by atoms with Crippen molar-refractivity contribution in [3.63, 3.8) is 0 Å². The summed E-state index contributed by atoms with van der Waals surface area (Å²) in [5.41, 5.74) is 0. The summed E-state index contributed by atoms with van der Waals surface area (Å²) in [5, 5.41) is 8.52. The average Bonchev–Trinajstić information content (AvgIpc) is 2.51. The van der Waals surface area contributed by atoms with Crippen LogP contribution in [0, 0.1) is 0 Å². The molecule has 1 aliphatic rings. The number of aliphatic carboxylic acids is 1. The molecule has 0 aromatic carbocycles. The largest absolute Gasteiger partial charge is 0.481 e. The molecule has 0 saturated carbocycles. The summed E-state index contributed by atoms with van der Waals surface area (Å²) in [6, 6.07) is 0. The Morgan fingerprint density at radius 3 is 2.43 bits per heavy atom. The van der Waals surface area contributed by atoms with Crippen LogP contribution in [0.3, 0.4) is 0 Å². The molecule has 1 N–H and O–H groups in total. The van der Waals surface area contributed by atoms with E-state index in [1.807, 2.05) is 0 Å². The predicted molar refractivity (Wildman–Crippen MR) is 46.8 cm³/mol. The third-order valence-electron chi connectivity index (χ3n) is 2.22. The van der Waals surface area contributed by atoms with Gasteiger partial charge in [0.15, 0.2) is 0 Å². The van der Waals surface area contributed by atoms with Gasteiger partial charge >= 0.3 is 11.9 Å². The minimum Gasteiger partial charge on any atom is -0.481 e. The second-order valence-electron chi connectivity index (χ2n) is 3.34. The highest BCUT2D eigenvalue weighted by Crippen LogP contribution is 2.24. The number of carboxylic acid groups (broad SMARTS) is 1. The van der Waals surface area contributed by atoms with Crippen molar-refractivity contribution in [2.24, 2.45) is 0 Å². The Labute approximate surface area is 82.0 Å². The van der Waals surface area contributed by atoms with Gasteiger partial charge in [-0.2, -0.15) is 0 Å². The second kappa shape index (κ2) is 4.95. The number of carboxylic acids is 1. The molecular formula is C9H14O5. The fourth-order valence-electron chi connectivity index (χ4n) is 1.54. The molecule has 5 nitrogen and oxygen atoms in total. The van der Waals surface area contributed by atoms with Gasteiger partial charge in [-0.25, -0.2) is 0 Å². The van der Waals surface area contributed by atoms with Crippen LogP contribution >= 0.6 is 0 Å². The molecule has 0 spiro atoms. The summed E-state index contributed by atoms with van der Waals surface area (Å²) in [6.45, 7) is 0. The zero-order valence-corrected chi connectivity index (χ0v) is 8.06. The fraction of sp³-hybridized carbons (Fsp3) is 0.778. The topological polar surface area (TPSA) is 72.8 Å². The molecule has 1 heterocycles. The number of ether oxygens (including phenoxy) is 2. The summed E-state index contributed by atoms with van der Waals surface area (Å²) in [7, 11) is 1.33. The van der Waals surface area contributed by atoms with Crippen molar-refractivity contribution in [3.8, 4) is 0 Å². The third-order valence-corrected chi connectivity index (χ3v) is 2.22. The molecule has 0 amide bonds. The van der Waals surface area contributed by atoms with E-state index in [4.69, 9.17) is 9.84 Å². The Morgan fingerprint density at radius 1 is 1.36 bits per heavy atom. The van der Waals surface area contributed by atoms with Gasteiger partial charge in [0.2, 0.25) is 0 Å². The maximum atomic E-state index is 10.9. The Bertz CT molecular complexity index is 225. The molecule has 0 aromatic heterocycles. The van der Waals surface area contributed by atoms with Gasteiger partial charge in [0.1, 0.15) is 0 Å². The van der Waals surface area contributed by atoms with Crippen LogP contribution in [0.5, 0.6) is 0 Å². The highest BCUT2D eigenvalue weighted by Gasteiger charge is 2.28. The van der Waals surface area contributed by atoms with Crippen LogP contribution in [0.2, 0.25) is 0 Å². The van der Waals surface area contributed by atoms with Crippen molar-refractivity contribution in [3.05, 3.63) is 0 Å². The number of hydrogen-bond donors (Lipinski definition) is 1. The van der Waals surface area contributed by atoms with E-state index < -0.39 is 5.97 Å². The van der Waals surface area contributed by atoms with Crippen molar-refractivity contribution >= 4 is 11.9 Å². The molecule has 2 atom stereocenters. The van der Waals surface area contributed by atoms with E-state index in [2.05, 4.69) is 4.74 Å². The monoisotopic (exact) mass is 202 g/mol. The number of esters is 1. The Kier molecular flexibility index (Phi) is 3.88. The van der Waals surface area contributed by atoms with Gasteiger partial charge in [0, 0.05) is 0 Å². The lowest BCUT2D eigenvalue weighted by Gasteiger charge is -2.10. The van der Waals surface area contributed by atoms with Gasteiger partial charge in [-0.1, -0.05) is 0 Å². The Hall–Kier alpha value is -1.10. The zero-order valence-electron chi connectivity index (χ0n) is 8.06. The first-order valence-electron chi connectivity index (χ1n) is 4.56. The lowest BCUT2D eigenvalue weighted by atomic mass is 10.1. The molecule has 14 heavy (non-hydrogen) atoms. The van der Waals surface area contributed by atoms with E-state index in [0.717, 1.165) is 6.42 Å². The third kappa shape index (κ3) is 3.33. The van der Waals surface area contributed by atoms with Crippen molar-refractivity contribution in [2.75, 3.05) is 7.11 Å². The maximum Gasteiger partial charge on any atom is 0.308 e.